The molecule has 0 spiro atoms. The highest BCUT2D eigenvalue weighted by molar-refractivity contribution is 9.10. The van der Waals surface area contributed by atoms with Crippen LogP contribution >= 0.6 is 15.9 Å². The first-order valence-corrected chi connectivity index (χ1v) is 9.53. The summed E-state index contributed by atoms with van der Waals surface area (Å²) in [6, 6.07) is 9.28. The molecule has 0 bridgehead atoms. The molecule has 0 aliphatic heterocycles. The van der Waals surface area contributed by atoms with Gasteiger partial charge in [0, 0.05) is 34.1 Å². The van der Waals surface area contributed by atoms with E-state index >= 15 is 0 Å². The number of carbonyl (C=O) groups excluding carboxylic acids is 2. The van der Waals surface area contributed by atoms with Crippen molar-refractivity contribution in [3.63, 3.8) is 0 Å². The average molecular weight is 471 g/mol. The Kier molecular flexibility index (Phi) is 5.00. The summed E-state index contributed by atoms with van der Waals surface area (Å²) < 4.78 is 8.77. The maximum absolute atomic E-state index is 12.4. The zero-order valence-corrected chi connectivity index (χ0v) is 17.2. The Labute approximate surface area is 178 Å². The third-order valence-electron chi connectivity index (χ3n) is 4.58. The second kappa shape index (κ2) is 7.64. The molecule has 3 heterocycles. The lowest BCUT2D eigenvalue weighted by Gasteiger charge is -2.03. The maximum atomic E-state index is 12.4. The SMILES string of the molecule is Cn1cc(Br)cc1C(=O)N=NC(=O)c1ccc2c(O)n(Cc3ccco3)c(O)c2c1. The van der Waals surface area contributed by atoms with Gasteiger partial charge in [-0.1, -0.05) is 0 Å². The van der Waals surface area contributed by atoms with Crippen LogP contribution in [-0.2, 0) is 13.6 Å². The molecule has 4 aromatic rings. The number of amides is 2. The van der Waals surface area contributed by atoms with E-state index in [9.17, 15) is 19.8 Å². The largest absolute Gasteiger partial charge is 0.494 e. The third-order valence-corrected chi connectivity index (χ3v) is 5.01. The van der Waals surface area contributed by atoms with Crippen LogP contribution in [-0.4, -0.2) is 31.2 Å². The lowest BCUT2D eigenvalue weighted by atomic mass is 10.1. The molecule has 3 aromatic heterocycles. The maximum Gasteiger partial charge on any atom is 0.312 e. The second-order valence-corrected chi connectivity index (χ2v) is 7.45. The van der Waals surface area contributed by atoms with Crippen molar-refractivity contribution in [2.45, 2.75) is 6.54 Å². The lowest BCUT2D eigenvalue weighted by Crippen LogP contribution is -2.03. The molecule has 0 saturated heterocycles. The summed E-state index contributed by atoms with van der Waals surface area (Å²) in [6.45, 7) is 0.114. The van der Waals surface area contributed by atoms with Crippen LogP contribution in [0.3, 0.4) is 0 Å². The molecule has 0 aliphatic rings. The number of halogens is 1. The van der Waals surface area contributed by atoms with Crippen LogP contribution in [0.4, 0.5) is 0 Å². The number of rotatable bonds is 4. The van der Waals surface area contributed by atoms with Crippen molar-refractivity contribution in [1.29, 1.82) is 0 Å². The minimum absolute atomic E-state index is 0.109. The Morgan fingerprint density at radius 1 is 1.07 bits per heavy atom. The number of furan rings is 1. The van der Waals surface area contributed by atoms with Crippen LogP contribution in [0.15, 0.2) is 68.0 Å². The molecule has 4 rings (SSSR count). The van der Waals surface area contributed by atoms with Gasteiger partial charge in [-0.2, -0.15) is 0 Å². The monoisotopic (exact) mass is 470 g/mol. The Morgan fingerprint density at radius 2 is 1.80 bits per heavy atom. The summed E-state index contributed by atoms with van der Waals surface area (Å²) in [5, 5.41) is 28.5. The molecule has 152 valence electrons. The minimum atomic E-state index is -0.754. The number of hydrogen-bond acceptors (Lipinski definition) is 5. The van der Waals surface area contributed by atoms with Crippen LogP contribution in [0, 0.1) is 0 Å². The van der Waals surface area contributed by atoms with E-state index in [-0.39, 0.29) is 34.9 Å². The number of nitrogens with zero attached hydrogens (tertiary/aromatic N) is 4. The van der Waals surface area contributed by atoms with Gasteiger partial charge in [-0.15, -0.1) is 10.2 Å². The fourth-order valence-electron chi connectivity index (χ4n) is 3.09. The minimum Gasteiger partial charge on any atom is -0.494 e. The molecule has 2 amide bonds. The van der Waals surface area contributed by atoms with Gasteiger partial charge in [-0.05, 0) is 52.3 Å². The van der Waals surface area contributed by atoms with Gasteiger partial charge in [0.25, 0.3) is 5.91 Å². The van der Waals surface area contributed by atoms with Gasteiger partial charge < -0.3 is 19.2 Å². The Morgan fingerprint density at radius 3 is 2.47 bits per heavy atom. The molecule has 1 aromatic carbocycles. The van der Waals surface area contributed by atoms with Crippen molar-refractivity contribution < 1.29 is 24.2 Å². The Hall–Kier alpha value is -3.66. The molecule has 0 saturated carbocycles. The number of azo groups is 1. The summed E-state index contributed by atoms with van der Waals surface area (Å²) in [4.78, 5) is 24.5. The predicted octanol–water partition coefficient (Wildman–Crippen LogP) is 4.23. The van der Waals surface area contributed by atoms with Gasteiger partial charge in [-0.25, -0.2) is 0 Å². The number of aryl methyl sites for hydroxylation is 1. The molecule has 30 heavy (non-hydrogen) atoms. The summed E-state index contributed by atoms with van der Waals surface area (Å²) >= 11 is 3.26. The average Bonchev–Trinajstić information content (AvgIpc) is 3.42. The molecular formula is C20H15BrN4O5. The quantitative estimate of drug-likeness (QED) is 0.432. The molecule has 0 unspecified atom stereocenters. The van der Waals surface area contributed by atoms with Gasteiger partial charge in [0.1, 0.15) is 11.5 Å². The van der Waals surface area contributed by atoms with E-state index in [1.807, 2.05) is 0 Å². The van der Waals surface area contributed by atoms with Crippen LogP contribution in [0.5, 0.6) is 11.8 Å². The molecular weight excluding hydrogens is 456 g/mol. The fourth-order valence-corrected chi connectivity index (χ4v) is 3.62. The molecule has 10 heteroatoms. The first-order chi connectivity index (χ1) is 14.3. The van der Waals surface area contributed by atoms with Crippen LogP contribution in [0.25, 0.3) is 10.8 Å². The van der Waals surface area contributed by atoms with Gasteiger partial charge >= 0.3 is 5.91 Å². The lowest BCUT2D eigenvalue weighted by molar-refractivity contribution is 0.0942. The summed E-state index contributed by atoms with van der Waals surface area (Å²) in [5.74, 6) is -1.27. The summed E-state index contributed by atoms with van der Waals surface area (Å²) in [5.41, 5.74) is 0.379. The van der Waals surface area contributed by atoms with Crippen molar-refractivity contribution in [3.05, 3.63) is 70.3 Å². The topological polar surface area (TPSA) is 122 Å². The van der Waals surface area contributed by atoms with Gasteiger partial charge in [0.2, 0.25) is 11.8 Å². The van der Waals surface area contributed by atoms with E-state index in [0.29, 0.717) is 15.6 Å². The van der Waals surface area contributed by atoms with E-state index in [1.165, 1.54) is 29.0 Å². The highest BCUT2D eigenvalue weighted by atomic mass is 79.9. The van der Waals surface area contributed by atoms with Gasteiger partial charge in [0.05, 0.1) is 12.8 Å². The number of benzene rings is 1. The highest BCUT2D eigenvalue weighted by Gasteiger charge is 2.19. The van der Waals surface area contributed by atoms with Crippen LogP contribution < -0.4 is 0 Å². The Bertz CT molecular complexity index is 1300. The summed E-state index contributed by atoms with van der Waals surface area (Å²) in [7, 11) is 1.67. The van der Waals surface area contributed by atoms with E-state index < -0.39 is 11.8 Å². The molecule has 0 atom stereocenters. The number of hydrogen-bond donors (Lipinski definition) is 2. The predicted molar refractivity (Wildman–Crippen MR) is 110 cm³/mol. The second-order valence-electron chi connectivity index (χ2n) is 6.54. The molecule has 2 N–H and O–H groups in total. The first kappa shape index (κ1) is 19.6. The first-order valence-electron chi connectivity index (χ1n) is 8.74. The number of aromatic hydroxyl groups is 2. The molecule has 0 fully saturated rings. The van der Waals surface area contributed by atoms with Crippen molar-refractivity contribution in [3.8, 4) is 11.8 Å². The van der Waals surface area contributed by atoms with E-state index in [1.54, 1.807) is 36.0 Å². The number of aromatic nitrogens is 2. The van der Waals surface area contributed by atoms with Gasteiger partial charge in [-0.3, -0.25) is 14.2 Å². The third kappa shape index (κ3) is 3.52. The van der Waals surface area contributed by atoms with Gasteiger partial charge in [0.15, 0.2) is 0 Å². The molecule has 0 radical (unpaired) electrons. The number of carbonyl (C=O) groups is 2. The van der Waals surface area contributed by atoms with E-state index in [4.69, 9.17) is 4.42 Å². The molecule has 9 nitrogen and oxygen atoms in total. The fraction of sp³-hybridized carbons (Fsp3) is 0.100. The standard InChI is InChI=1S/C20H15BrN4O5/c1-24-9-12(21)8-16(24)18(27)23-22-17(26)11-4-5-14-15(7-11)20(29)25(19(14)28)10-13-3-2-6-30-13/h2-9,28-29H,10H2,1H3. The molecule has 0 aliphatic carbocycles. The van der Waals surface area contributed by atoms with Crippen molar-refractivity contribution >= 4 is 38.5 Å². The van der Waals surface area contributed by atoms with E-state index in [2.05, 4.69) is 26.2 Å². The normalized spacial score (nSPS) is 11.5. The zero-order valence-electron chi connectivity index (χ0n) is 15.6. The number of fused-ring (bicyclic) bond motifs is 1. The van der Waals surface area contributed by atoms with Crippen molar-refractivity contribution in [2.75, 3.05) is 0 Å². The van der Waals surface area contributed by atoms with Crippen LogP contribution in [0.2, 0.25) is 0 Å². The smallest absolute Gasteiger partial charge is 0.312 e. The van der Waals surface area contributed by atoms with Crippen molar-refractivity contribution in [2.24, 2.45) is 17.3 Å². The summed E-state index contributed by atoms with van der Waals surface area (Å²) in [6.07, 6.45) is 3.17. The van der Waals surface area contributed by atoms with Crippen molar-refractivity contribution in [1.82, 2.24) is 9.13 Å². The zero-order chi connectivity index (χ0) is 21.4. The Balaban J connectivity index is 1.61. The van der Waals surface area contributed by atoms with E-state index in [0.717, 1.165) is 0 Å². The van der Waals surface area contributed by atoms with Crippen LogP contribution in [0.1, 0.15) is 26.6 Å². The highest BCUT2D eigenvalue weighted by Crippen LogP contribution is 2.37.